The molecule has 1 heterocycles. The van der Waals surface area contributed by atoms with Gasteiger partial charge >= 0.3 is 0 Å². The quantitative estimate of drug-likeness (QED) is 0.766. The summed E-state index contributed by atoms with van der Waals surface area (Å²) < 4.78 is 0. The minimum Gasteiger partial charge on any atom is -0.390 e. The number of unbranched alkanes of at least 4 members (excludes halogenated alkanes) is 1. The second-order valence-corrected chi connectivity index (χ2v) is 2.90. The molecule has 13 heavy (non-hydrogen) atoms. The average molecular weight is 177 g/mol. The number of aliphatic hydroxyl groups excluding tert-OH is 1. The first-order valence-corrected chi connectivity index (χ1v) is 4.60. The third-order valence-corrected chi connectivity index (χ3v) is 1.73. The molecular weight excluding hydrogens is 162 g/mol. The van der Waals surface area contributed by atoms with Crippen LogP contribution < -0.4 is 0 Å². The summed E-state index contributed by atoms with van der Waals surface area (Å²) in [6.07, 6.45) is 6.31. The Kier molecular flexibility index (Phi) is 4.19. The second-order valence-electron chi connectivity index (χ2n) is 2.90. The fourth-order valence-corrected chi connectivity index (χ4v) is 1.05. The Labute approximate surface area is 78.9 Å². The number of rotatable bonds is 4. The molecule has 0 saturated heterocycles. The van der Waals surface area contributed by atoms with E-state index in [-0.39, 0.29) is 6.61 Å². The molecule has 1 rings (SSSR count). The third-order valence-electron chi connectivity index (χ3n) is 1.73. The molecule has 0 radical (unpaired) electrons. The average Bonchev–Trinajstić information content (AvgIpc) is 2.19. The van der Waals surface area contributed by atoms with Gasteiger partial charge in [0.1, 0.15) is 0 Å². The van der Waals surface area contributed by atoms with Crippen LogP contribution in [0.4, 0.5) is 0 Å². The normalized spacial score (nSPS) is 10.9. The highest BCUT2D eigenvalue weighted by Gasteiger charge is 1.91. The highest BCUT2D eigenvalue weighted by atomic mass is 16.3. The monoisotopic (exact) mass is 177 g/mol. The molecule has 0 aliphatic carbocycles. The van der Waals surface area contributed by atoms with Gasteiger partial charge in [-0.3, -0.25) is 4.98 Å². The van der Waals surface area contributed by atoms with Crippen molar-refractivity contribution in [2.45, 2.75) is 26.4 Å². The number of allylic oxidation sites excluding steroid dienone is 1. The van der Waals surface area contributed by atoms with Gasteiger partial charge in [0.05, 0.1) is 18.0 Å². The van der Waals surface area contributed by atoms with Crippen LogP contribution in [0.3, 0.4) is 0 Å². The molecule has 1 aromatic heterocycles. The van der Waals surface area contributed by atoms with Crippen LogP contribution in [0.5, 0.6) is 0 Å². The van der Waals surface area contributed by atoms with E-state index in [1.54, 1.807) is 0 Å². The Balaban J connectivity index is 2.66. The lowest BCUT2D eigenvalue weighted by Crippen LogP contribution is -1.89. The first-order valence-electron chi connectivity index (χ1n) is 4.60. The molecule has 2 heteroatoms. The minimum atomic E-state index is 0.00938. The first kappa shape index (κ1) is 9.93. The maximum atomic E-state index is 8.85. The van der Waals surface area contributed by atoms with Crippen molar-refractivity contribution >= 4 is 6.08 Å². The van der Waals surface area contributed by atoms with Gasteiger partial charge in [0, 0.05) is 0 Å². The van der Waals surface area contributed by atoms with E-state index >= 15 is 0 Å². The Morgan fingerprint density at radius 2 is 2.31 bits per heavy atom. The van der Waals surface area contributed by atoms with Crippen molar-refractivity contribution < 1.29 is 5.11 Å². The topological polar surface area (TPSA) is 33.1 Å². The van der Waals surface area contributed by atoms with E-state index in [1.165, 1.54) is 0 Å². The van der Waals surface area contributed by atoms with Crippen LogP contribution in [-0.2, 0) is 6.61 Å². The molecule has 0 saturated carbocycles. The molecular formula is C11H15NO. The molecule has 0 aliphatic rings. The van der Waals surface area contributed by atoms with Gasteiger partial charge in [-0.2, -0.15) is 0 Å². The van der Waals surface area contributed by atoms with Gasteiger partial charge in [-0.05, 0) is 24.6 Å². The molecule has 0 aliphatic heterocycles. The van der Waals surface area contributed by atoms with E-state index in [0.717, 1.165) is 24.2 Å². The fourth-order valence-electron chi connectivity index (χ4n) is 1.05. The van der Waals surface area contributed by atoms with Gasteiger partial charge in [-0.25, -0.2) is 0 Å². The largest absolute Gasteiger partial charge is 0.390 e. The van der Waals surface area contributed by atoms with E-state index in [4.69, 9.17) is 5.11 Å². The van der Waals surface area contributed by atoms with Crippen LogP contribution in [0.15, 0.2) is 24.3 Å². The number of hydrogen-bond donors (Lipinski definition) is 1. The molecule has 0 amide bonds. The predicted octanol–water partition coefficient (Wildman–Crippen LogP) is 2.39. The molecule has 0 spiro atoms. The number of pyridine rings is 1. The molecule has 1 aromatic rings. The molecule has 2 nitrogen and oxygen atoms in total. The summed E-state index contributed by atoms with van der Waals surface area (Å²) in [7, 11) is 0. The van der Waals surface area contributed by atoms with Gasteiger partial charge < -0.3 is 5.11 Å². The van der Waals surface area contributed by atoms with Gasteiger partial charge in [0.25, 0.3) is 0 Å². The fraction of sp³-hybridized carbons (Fsp3) is 0.364. The molecule has 0 unspecified atom stereocenters. The Hall–Kier alpha value is -1.15. The lowest BCUT2D eigenvalue weighted by Gasteiger charge is -1.96. The minimum absolute atomic E-state index is 0.00938. The van der Waals surface area contributed by atoms with Crippen LogP contribution in [-0.4, -0.2) is 10.1 Å². The highest BCUT2D eigenvalue weighted by molar-refractivity contribution is 5.44. The maximum Gasteiger partial charge on any atom is 0.0853 e. The van der Waals surface area contributed by atoms with Gasteiger partial charge in [-0.1, -0.05) is 25.5 Å². The van der Waals surface area contributed by atoms with E-state index in [0.29, 0.717) is 0 Å². The van der Waals surface area contributed by atoms with Crippen molar-refractivity contribution in [1.29, 1.82) is 0 Å². The summed E-state index contributed by atoms with van der Waals surface area (Å²) in [5.41, 5.74) is 1.64. The zero-order valence-corrected chi connectivity index (χ0v) is 7.90. The van der Waals surface area contributed by atoms with Gasteiger partial charge in [0.2, 0.25) is 0 Å². The highest BCUT2D eigenvalue weighted by Crippen LogP contribution is 2.02. The van der Waals surface area contributed by atoms with Crippen molar-refractivity contribution in [3.63, 3.8) is 0 Å². The van der Waals surface area contributed by atoms with E-state index in [2.05, 4.69) is 18.0 Å². The lowest BCUT2D eigenvalue weighted by molar-refractivity contribution is 0.277. The maximum absolute atomic E-state index is 8.85. The van der Waals surface area contributed by atoms with E-state index in [1.807, 2.05) is 24.3 Å². The number of hydrogen-bond acceptors (Lipinski definition) is 2. The zero-order chi connectivity index (χ0) is 9.52. The van der Waals surface area contributed by atoms with Crippen molar-refractivity contribution in [2.24, 2.45) is 0 Å². The van der Waals surface area contributed by atoms with Crippen molar-refractivity contribution in [2.75, 3.05) is 0 Å². The Morgan fingerprint density at radius 3 is 3.00 bits per heavy atom. The molecule has 1 N–H and O–H groups in total. The standard InChI is InChI=1S/C11H15NO/c1-2-3-4-6-10-7-5-8-11(9-13)12-10/h4-8,13H,2-3,9H2,1H3/b6-4+. The zero-order valence-electron chi connectivity index (χ0n) is 7.90. The summed E-state index contributed by atoms with van der Waals surface area (Å²) >= 11 is 0. The number of aliphatic hydroxyl groups is 1. The van der Waals surface area contributed by atoms with Crippen molar-refractivity contribution in [3.05, 3.63) is 35.7 Å². The lowest BCUT2D eigenvalue weighted by atomic mass is 10.2. The first-order chi connectivity index (χ1) is 6.36. The summed E-state index contributed by atoms with van der Waals surface area (Å²) in [5, 5.41) is 8.85. The summed E-state index contributed by atoms with van der Waals surface area (Å²) in [6, 6.07) is 5.66. The number of aromatic nitrogens is 1. The van der Waals surface area contributed by atoms with Gasteiger partial charge in [0.15, 0.2) is 0 Å². The number of nitrogens with zero attached hydrogens (tertiary/aromatic N) is 1. The van der Waals surface area contributed by atoms with Crippen LogP contribution in [0.1, 0.15) is 31.2 Å². The van der Waals surface area contributed by atoms with E-state index in [9.17, 15) is 0 Å². The predicted molar refractivity (Wildman–Crippen MR) is 54.1 cm³/mol. The second kappa shape index (κ2) is 5.49. The molecule has 0 aromatic carbocycles. The van der Waals surface area contributed by atoms with Gasteiger partial charge in [-0.15, -0.1) is 0 Å². The molecule has 0 fully saturated rings. The van der Waals surface area contributed by atoms with Crippen molar-refractivity contribution in [3.8, 4) is 0 Å². The molecule has 0 atom stereocenters. The summed E-state index contributed by atoms with van der Waals surface area (Å²) in [6.45, 7) is 2.15. The Morgan fingerprint density at radius 1 is 1.46 bits per heavy atom. The molecule has 70 valence electrons. The molecule has 0 bridgehead atoms. The summed E-state index contributed by atoms with van der Waals surface area (Å²) in [5.74, 6) is 0. The van der Waals surface area contributed by atoms with Crippen LogP contribution >= 0.6 is 0 Å². The summed E-state index contributed by atoms with van der Waals surface area (Å²) in [4.78, 5) is 4.23. The van der Waals surface area contributed by atoms with E-state index < -0.39 is 0 Å². The Bertz CT molecular complexity index is 281. The SMILES string of the molecule is CCC/C=C/c1cccc(CO)n1. The van der Waals surface area contributed by atoms with Crippen LogP contribution in [0.2, 0.25) is 0 Å². The third kappa shape index (κ3) is 3.38. The van der Waals surface area contributed by atoms with Crippen molar-refractivity contribution in [1.82, 2.24) is 4.98 Å². The smallest absolute Gasteiger partial charge is 0.0853 e. The van der Waals surface area contributed by atoms with Crippen LogP contribution in [0.25, 0.3) is 6.08 Å². The van der Waals surface area contributed by atoms with Crippen LogP contribution in [0, 0.1) is 0 Å².